The number of carboxylic acids is 1. The molecule has 112 valence electrons. The van der Waals surface area contributed by atoms with Crippen molar-refractivity contribution in [3.8, 4) is 0 Å². The van der Waals surface area contributed by atoms with Crippen LogP contribution in [0.5, 0.6) is 0 Å². The Morgan fingerprint density at radius 3 is 2.67 bits per heavy atom. The van der Waals surface area contributed by atoms with Gasteiger partial charge in [-0.05, 0) is 12.1 Å². The molecule has 0 fully saturated rings. The molecule has 1 aromatic heterocycles. The molecule has 6 nitrogen and oxygen atoms in total. The maximum Gasteiger partial charge on any atom is 0.355 e. The van der Waals surface area contributed by atoms with E-state index in [1.54, 1.807) is 0 Å². The lowest BCUT2D eigenvalue weighted by atomic mass is 10.3. The van der Waals surface area contributed by atoms with Gasteiger partial charge in [0.1, 0.15) is 21.5 Å². The predicted molar refractivity (Wildman–Crippen MR) is 69.5 cm³/mol. The second-order valence-corrected chi connectivity index (χ2v) is 6.51. The second-order valence-electron chi connectivity index (χ2n) is 3.83. The maximum absolute atomic E-state index is 13.4. The normalized spacial score (nSPS) is 11.5. The van der Waals surface area contributed by atoms with Crippen molar-refractivity contribution in [3.05, 3.63) is 45.9 Å². The summed E-state index contributed by atoms with van der Waals surface area (Å²) in [4.78, 5) is 13.6. The molecule has 0 saturated carbocycles. The molecule has 2 aromatic rings. The van der Waals surface area contributed by atoms with Crippen molar-refractivity contribution in [2.45, 2.75) is 11.4 Å². The first kappa shape index (κ1) is 15.5. The van der Waals surface area contributed by atoms with E-state index in [1.807, 2.05) is 0 Å². The molecule has 2 rings (SSSR count). The summed E-state index contributed by atoms with van der Waals surface area (Å²) in [7, 11) is -4.19. The molecule has 0 aliphatic heterocycles. The predicted octanol–water partition coefficient (Wildman–Crippen LogP) is 1.60. The summed E-state index contributed by atoms with van der Waals surface area (Å²) < 4.78 is 52.0. The van der Waals surface area contributed by atoms with Gasteiger partial charge in [0, 0.05) is 11.4 Å². The molecule has 0 spiro atoms. The Hall–Kier alpha value is -1.91. The standard InChI is InChI=1S/C11H8F2N2O4S2/c12-6-1-2-9(7(13)3-6)21(18,19)14-4-10-15-8(5-20-10)11(16)17/h1-3,5,14H,4H2,(H,16,17). The van der Waals surface area contributed by atoms with Crippen molar-refractivity contribution in [2.75, 3.05) is 0 Å². The van der Waals surface area contributed by atoms with Crippen LogP contribution in [0.25, 0.3) is 0 Å². The lowest BCUT2D eigenvalue weighted by Crippen LogP contribution is -2.24. The van der Waals surface area contributed by atoms with Crippen molar-refractivity contribution in [2.24, 2.45) is 0 Å². The highest BCUT2D eigenvalue weighted by molar-refractivity contribution is 7.89. The van der Waals surface area contributed by atoms with Crippen molar-refractivity contribution in [1.82, 2.24) is 9.71 Å². The van der Waals surface area contributed by atoms with Gasteiger partial charge in [0.25, 0.3) is 0 Å². The van der Waals surface area contributed by atoms with Crippen molar-refractivity contribution >= 4 is 27.3 Å². The van der Waals surface area contributed by atoms with E-state index in [4.69, 9.17) is 5.11 Å². The lowest BCUT2D eigenvalue weighted by Gasteiger charge is -2.06. The fourth-order valence-corrected chi connectivity index (χ4v) is 3.26. The third-order valence-electron chi connectivity index (χ3n) is 2.37. The summed E-state index contributed by atoms with van der Waals surface area (Å²) in [5, 5.41) is 10.1. The van der Waals surface area contributed by atoms with Crippen LogP contribution < -0.4 is 4.72 Å². The Balaban J connectivity index is 2.15. The summed E-state index contributed by atoms with van der Waals surface area (Å²) >= 11 is 0.948. The SMILES string of the molecule is O=C(O)c1csc(CNS(=O)(=O)c2ccc(F)cc2F)n1. The van der Waals surface area contributed by atoms with Gasteiger partial charge in [-0.25, -0.2) is 31.7 Å². The first-order valence-electron chi connectivity index (χ1n) is 5.42. The zero-order chi connectivity index (χ0) is 15.6. The fourth-order valence-electron chi connectivity index (χ4n) is 1.42. The number of aromatic nitrogens is 1. The van der Waals surface area contributed by atoms with Gasteiger partial charge >= 0.3 is 5.97 Å². The highest BCUT2D eigenvalue weighted by Gasteiger charge is 2.20. The number of sulfonamides is 1. The van der Waals surface area contributed by atoms with Crippen LogP contribution in [-0.2, 0) is 16.6 Å². The smallest absolute Gasteiger partial charge is 0.355 e. The number of hydrogen-bond acceptors (Lipinski definition) is 5. The van der Waals surface area contributed by atoms with Crippen LogP contribution in [0, 0.1) is 11.6 Å². The van der Waals surface area contributed by atoms with Crippen LogP contribution >= 0.6 is 11.3 Å². The van der Waals surface area contributed by atoms with Crippen LogP contribution in [0.2, 0.25) is 0 Å². The molecule has 0 amide bonds. The number of halogens is 2. The van der Waals surface area contributed by atoms with Gasteiger partial charge in [0.2, 0.25) is 10.0 Å². The fraction of sp³-hybridized carbons (Fsp3) is 0.0909. The van der Waals surface area contributed by atoms with E-state index in [2.05, 4.69) is 9.71 Å². The zero-order valence-corrected chi connectivity index (χ0v) is 11.8. The van der Waals surface area contributed by atoms with Gasteiger partial charge in [-0.3, -0.25) is 0 Å². The number of benzene rings is 1. The first-order chi connectivity index (χ1) is 9.79. The highest BCUT2D eigenvalue weighted by Crippen LogP contribution is 2.16. The summed E-state index contributed by atoms with van der Waals surface area (Å²) in [5.74, 6) is -3.34. The van der Waals surface area contributed by atoms with Gasteiger partial charge in [-0.2, -0.15) is 0 Å². The van der Waals surface area contributed by atoms with Gasteiger partial charge < -0.3 is 5.11 Å². The van der Waals surface area contributed by atoms with Gasteiger partial charge in [0.15, 0.2) is 5.69 Å². The van der Waals surface area contributed by atoms with Crippen molar-refractivity contribution < 1.29 is 27.1 Å². The minimum atomic E-state index is -4.19. The quantitative estimate of drug-likeness (QED) is 0.866. The van der Waals surface area contributed by atoms with Crippen LogP contribution in [-0.4, -0.2) is 24.5 Å². The van der Waals surface area contributed by atoms with Crippen LogP contribution in [0.15, 0.2) is 28.5 Å². The van der Waals surface area contributed by atoms with E-state index >= 15 is 0 Å². The molecule has 0 radical (unpaired) electrons. The zero-order valence-electron chi connectivity index (χ0n) is 10.2. The Bertz CT molecular complexity index is 789. The van der Waals surface area contributed by atoms with Crippen LogP contribution in [0.3, 0.4) is 0 Å². The molecule has 0 aliphatic rings. The Morgan fingerprint density at radius 1 is 1.38 bits per heavy atom. The van der Waals surface area contributed by atoms with E-state index in [9.17, 15) is 22.0 Å². The number of hydrogen-bond donors (Lipinski definition) is 2. The molecule has 0 atom stereocenters. The largest absolute Gasteiger partial charge is 0.476 e. The summed E-state index contributed by atoms with van der Waals surface area (Å²) in [6.45, 7) is -0.295. The van der Waals surface area contributed by atoms with Gasteiger partial charge in [-0.1, -0.05) is 0 Å². The van der Waals surface area contributed by atoms with Gasteiger partial charge in [0.05, 0.1) is 6.54 Å². The second kappa shape index (κ2) is 5.84. The Labute approximate surface area is 122 Å². The third-order valence-corrected chi connectivity index (χ3v) is 4.65. The van der Waals surface area contributed by atoms with Crippen molar-refractivity contribution in [3.63, 3.8) is 0 Å². The number of rotatable bonds is 5. The molecule has 10 heteroatoms. The Kier molecular flexibility index (Phi) is 4.30. The van der Waals surface area contributed by atoms with E-state index in [1.165, 1.54) is 5.38 Å². The Morgan fingerprint density at radius 2 is 2.10 bits per heavy atom. The van der Waals surface area contributed by atoms with Crippen LogP contribution in [0.4, 0.5) is 8.78 Å². The monoisotopic (exact) mass is 334 g/mol. The van der Waals surface area contributed by atoms with E-state index < -0.39 is 32.5 Å². The number of aromatic carboxylic acids is 1. The van der Waals surface area contributed by atoms with E-state index in [0.29, 0.717) is 6.07 Å². The first-order valence-corrected chi connectivity index (χ1v) is 7.78. The lowest BCUT2D eigenvalue weighted by molar-refractivity contribution is 0.0691. The molecule has 2 N–H and O–H groups in total. The molecule has 0 saturated heterocycles. The minimum absolute atomic E-state index is 0.206. The molecular formula is C11H8F2N2O4S2. The number of thiazole rings is 1. The third kappa shape index (κ3) is 3.60. The van der Waals surface area contributed by atoms with E-state index in [0.717, 1.165) is 23.5 Å². The molecule has 0 bridgehead atoms. The number of carbonyl (C=O) groups is 1. The average Bonchev–Trinajstić information content (AvgIpc) is 2.85. The number of nitrogens with one attached hydrogen (secondary N) is 1. The summed E-state index contributed by atoms with van der Waals surface area (Å²) in [6.07, 6.45) is 0. The molecular weight excluding hydrogens is 326 g/mol. The summed E-state index contributed by atoms with van der Waals surface area (Å²) in [6, 6.07) is 2.08. The molecule has 1 heterocycles. The highest BCUT2D eigenvalue weighted by atomic mass is 32.2. The molecule has 21 heavy (non-hydrogen) atoms. The van der Waals surface area contributed by atoms with Crippen molar-refractivity contribution in [1.29, 1.82) is 0 Å². The number of nitrogens with zero attached hydrogens (tertiary/aromatic N) is 1. The van der Waals surface area contributed by atoms with Gasteiger partial charge in [-0.15, -0.1) is 11.3 Å². The van der Waals surface area contributed by atoms with Crippen LogP contribution in [0.1, 0.15) is 15.5 Å². The topological polar surface area (TPSA) is 96.4 Å². The average molecular weight is 334 g/mol. The molecule has 0 aliphatic carbocycles. The molecule has 0 unspecified atom stereocenters. The molecule has 1 aromatic carbocycles. The van der Waals surface area contributed by atoms with E-state index in [-0.39, 0.29) is 17.2 Å². The number of carboxylic acid groups (broad SMARTS) is 1. The minimum Gasteiger partial charge on any atom is -0.476 e. The summed E-state index contributed by atoms with van der Waals surface area (Å²) in [5.41, 5.74) is -0.206. The maximum atomic E-state index is 13.4.